The third kappa shape index (κ3) is 1.18. The van der Waals surface area contributed by atoms with Crippen molar-refractivity contribution in [3.05, 3.63) is 0 Å². The summed E-state index contributed by atoms with van der Waals surface area (Å²) in [6.45, 7) is 2.40. The summed E-state index contributed by atoms with van der Waals surface area (Å²) in [4.78, 5) is 0. The summed E-state index contributed by atoms with van der Waals surface area (Å²) in [7, 11) is 0. The van der Waals surface area contributed by atoms with Crippen molar-refractivity contribution in [1.29, 1.82) is 0 Å². The number of hydrogen-bond donors (Lipinski definition) is 0. The maximum absolute atomic E-state index is 5.68. The minimum absolute atomic E-state index is 0.114. The molecule has 2 saturated heterocycles. The van der Waals surface area contributed by atoms with Gasteiger partial charge in [-0.2, -0.15) is 11.8 Å². The molecule has 10 heavy (non-hydrogen) atoms. The van der Waals surface area contributed by atoms with Gasteiger partial charge in [0.2, 0.25) is 0 Å². The van der Waals surface area contributed by atoms with Gasteiger partial charge in [0.25, 0.3) is 0 Å². The Morgan fingerprint density at radius 1 is 1.30 bits per heavy atom. The van der Waals surface area contributed by atoms with E-state index < -0.39 is 0 Å². The number of rotatable bonds is 0. The van der Waals surface area contributed by atoms with Gasteiger partial charge in [-0.15, -0.1) is 0 Å². The second kappa shape index (κ2) is 2.72. The maximum atomic E-state index is 5.68. The quantitative estimate of drug-likeness (QED) is 0.525. The first-order valence-corrected chi connectivity index (χ1v) is 4.86. The van der Waals surface area contributed by atoms with E-state index in [1.807, 2.05) is 11.8 Å². The van der Waals surface area contributed by atoms with Gasteiger partial charge in [0.15, 0.2) is 0 Å². The third-order valence-electron chi connectivity index (χ3n) is 2.07. The Balaban J connectivity index is 1.98. The summed E-state index contributed by atoms with van der Waals surface area (Å²) < 4.78 is 11.0. The van der Waals surface area contributed by atoms with Crippen molar-refractivity contribution in [2.45, 2.75) is 12.0 Å². The predicted molar refractivity (Wildman–Crippen MR) is 41.4 cm³/mol. The first-order chi connectivity index (χ1) is 4.91. The molecule has 0 aliphatic carbocycles. The zero-order valence-electron chi connectivity index (χ0n) is 5.97. The van der Waals surface area contributed by atoms with Crippen molar-refractivity contribution in [3.8, 4) is 0 Å². The molecule has 2 aliphatic heterocycles. The average Bonchev–Trinajstić information content (AvgIpc) is 2.39. The standard InChI is InChI=1S/C7H12O2S/c1-4-10-6-7(1)5-8-2-3-9-7/h1-6H2. The fourth-order valence-corrected chi connectivity index (χ4v) is 2.78. The Hall–Kier alpha value is 0.270. The topological polar surface area (TPSA) is 18.5 Å². The molecular formula is C7H12O2S. The molecule has 2 rings (SSSR count). The second-order valence-electron chi connectivity index (χ2n) is 2.89. The van der Waals surface area contributed by atoms with Crippen molar-refractivity contribution in [3.63, 3.8) is 0 Å². The van der Waals surface area contributed by atoms with Crippen LogP contribution in [0.2, 0.25) is 0 Å². The molecule has 58 valence electrons. The highest BCUT2D eigenvalue weighted by molar-refractivity contribution is 7.99. The molecule has 0 aromatic carbocycles. The highest BCUT2D eigenvalue weighted by Gasteiger charge is 2.37. The molecule has 2 aliphatic rings. The van der Waals surface area contributed by atoms with Crippen molar-refractivity contribution in [1.82, 2.24) is 0 Å². The van der Waals surface area contributed by atoms with E-state index in [0.29, 0.717) is 0 Å². The minimum atomic E-state index is 0.114. The highest BCUT2D eigenvalue weighted by Crippen LogP contribution is 2.32. The molecule has 0 aromatic heterocycles. The van der Waals surface area contributed by atoms with Gasteiger partial charge in [-0.3, -0.25) is 0 Å². The van der Waals surface area contributed by atoms with Gasteiger partial charge in [0.05, 0.1) is 19.8 Å². The van der Waals surface area contributed by atoms with Crippen LogP contribution in [-0.2, 0) is 9.47 Å². The maximum Gasteiger partial charge on any atom is 0.101 e. The molecule has 0 saturated carbocycles. The zero-order chi connectivity index (χ0) is 6.86. The molecule has 1 spiro atoms. The van der Waals surface area contributed by atoms with E-state index in [2.05, 4.69) is 0 Å². The van der Waals surface area contributed by atoms with Crippen molar-refractivity contribution < 1.29 is 9.47 Å². The van der Waals surface area contributed by atoms with E-state index in [-0.39, 0.29) is 5.60 Å². The molecule has 0 amide bonds. The Morgan fingerprint density at radius 3 is 2.90 bits per heavy atom. The van der Waals surface area contributed by atoms with Crippen LogP contribution in [0.5, 0.6) is 0 Å². The fraction of sp³-hybridized carbons (Fsp3) is 1.00. The van der Waals surface area contributed by atoms with E-state index >= 15 is 0 Å². The SMILES string of the molecule is C1COC2(CCSC2)CO1. The minimum Gasteiger partial charge on any atom is -0.376 e. The van der Waals surface area contributed by atoms with Gasteiger partial charge in [-0.1, -0.05) is 0 Å². The highest BCUT2D eigenvalue weighted by atomic mass is 32.2. The van der Waals surface area contributed by atoms with Crippen LogP contribution in [0, 0.1) is 0 Å². The molecule has 3 heteroatoms. The van der Waals surface area contributed by atoms with E-state index in [1.54, 1.807) is 0 Å². The van der Waals surface area contributed by atoms with Crippen LogP contribution >= 0.6 is 11.8 Å². The molecule has 1 unspecified atom stereocenters. The van der Waals surface area contributed by atoms with Gasteiger partial charge in [-0.05, 0) is 12.2 Å². The van der Waals surface area contributed by atoms with Crippen molar-refractivity contribution in [2.75, 3.05) is 31.3 Å². The lowest BCUT2D eigenvalue weighted by atomic mass is 10.0. The van der Waals surface area contributed by atoms with Crippen molar-refractivity contribution >= 4 is 11.8 Å². The molecule has 0 radical (unpaired) electrons. The van der Waals surface area contributed by atoms with Gasteiger partial charge in [0, 0.05) is 5.75 Å². The Labute approximate surface area is 65.3 Å². The summed E-state index contributed by atoms with van der Waals surface area (Å²) in [5.41, 5.74) is 0.114. The summed E-state index contributed by atoms with van der Waals surface area (Å²) in [6.07, 6.45) is 1.18. The molecular weight excluding hydrogens is 148 g/mol. The lowest BCUT2D eigenvalue weighted by molar-refractivity contribution is -0.142. The van der Waals surface area contributed by atoms with Crippen LogP contribution in [0.25, 0.3) is 0 Å². The zero-order valence-corrected chi connectivity index (χ0v) is 6.78. The summed E-state index contributed by atoms with van der Waals surface area (Å²) in [6, 6.07) is 0. The van der Waals surface area contributed by atoms with E-state index in [4.69, 9.17) is 9.47 Å². The number of thioether (sulfide) groups is 1. The molecule has 2 fully saturated rings. The lowest BCUT2D eigenvalue weighted by Crippen LogP contribution is -2.43. The molecule has 0 N–H and O–H groups in total. The van der Waals surface area contributed by atoms with E-state index in [1.165, 1.54) is 12.2 Å². The Morgan fingerprint density at radius 2 is 2.30 bits per heavy atom. The summed E-state index contributed by atoms with van der Waals surface area (Å²) >= 11 is 1.97. The summed E-state index contributed by atoms with van der Waals surface area (Å²) in [5.74, 6) is 2.37. The van der Waals surface area contributed by atoms with Crippen LogP contribution in [0.15, 0.2) is 0 Å². The predicted octanol–water partition coefficient (Wildman–Crippen LogP) is 0.909. The van der Waals surface area contributed by atoms with E-state index in [0.717, 1.165) is 25.6 Å². The Bertz CT molecular complexity index is 113. The van der Waals surface area contributed by atoms with Crippen LogP contribution in [-0.4, -0.2) is 36.9 Å². The third-order valence-corrected chi connectivity index (χ3v) is 3.29. The first-order valence-electron chi connectivity index (χ1n) is 3.71. The monoisotopic (exact) mass is 160 g/mol. The van der Waals surface area contributed by atoms with Gasteiger partial charge in [0.1, 0.15) is 5.60 Å². The number of ether oxygens (including phenoxy) is 2. The molecule has 2 nitrogen and oxygen atoms in total. The largest absolute Gasteiger partial charge is 0.376 e. The molecule has 2 heterocycles. The molecule has 0 aromatic rings. The molecule has 1 atom stereocenters. The van der Waals surface area contributed by atoms with Gasteiger partial charge >= 0.3 is 0 Å². The first kappa shape index (κ1) is 6.95. The average molecular weight is 160 g/mol. The van der Waals surface area contributed by atoms with Crippen LogP contribution in [0.1, 0.15) is 6.42 Å². The normalized spacial score (nSPS) is 40.8. The Kier molecular flexibility index (Phi) is 1.89. The number of hydrogen-bond acceptors (Lipinski definition) is 3. The van der Waals surface area contributed by atoms with Crippen molar-refractivity contribution in [2.24, 2.45) is 0 Å². The molecule has 0 bridgehead atoms. The van der Waals surface area contributed by atoms with Gasteiger partial charge in [-0.25, -0.2) is 0 Å². The smallest absolute Gasteiger partial charge is 0.101 e. The summed E-state index contributed by atoms with van der Waals surface area (Å²) in [5, 5.41) is 0. The fourth-order valence-electron chi connectivity index (χ4n) is 1.43. The lowest BCUT2D eigenvalue weighted by Gasteiger charge is -2.32. The van der Waals surface area contributed by atoms with Crippen LogP contribution in [0.4, 0.5) is 0 Å². The van der Waals surface area contributed by atoms with Gasteiger partial charge < -0.3 is 9.47 Å². The second-order valence-corrected chi connectivity index (χ2v) is 3.99. The van der Waals surface area contributed by atoms with E-state index in [9.17, 15) is 0 Å². The van der Waals surface area contributed by atoms with Crippen LogP contribution < -0.4 is 0 Å². The van der Waals surface area contributed by atoms with Crippen LogP contribution in [0.3, 0.4) is 0 Å².